The maximum atomic E-state index is 12.3. The summed E-state index contributed by atoms with van der Waals surface area (Å²) in [6.07, 6.45) is -0.212. The second kappa shape index (κ2) is 7.04. The molecule has 1 aromatic heterocycles. The number of rotatable bonds is 4. The van der Waals surface area contributed by atoms with Gasteiger partial charge in [-0.05, 0) is 12.1 Å². The van der Waals surface area contributed by atoms with Crippen molar-refractivity contribution in [3.8, 4) is 11.5 Å². The minimum atomic E-state index is -0.246. The van der Waals surface area contributed by atoms with Crippen molar-refractivity contribution in [2.75, 3.05) is 25.5 Å². The third-order valence-electron chi connectivity index (χ3n) is 3.54. The minimum Gasteiger partial charge on any atom is -0.486 e. The van der Waals surface area contributed by atoms with Gasteiger partial charge in [0.25, 0.3) is 0 Å². The Kier molecular flexibility index (Phi) is 4.84. The number of anilines is 1. The third kappa shape index (κ3) is 3.76. The molecule has 0 bridgehead atoms. The zero-order chi connectivity index (χ0) is 17.1. The molecule has 8 heteroatoms. The van der Waals surface area contributed by atoms with Crippen LogP contribution in [-0.2, 0) is 0 Å². The summed E-state index contributed by atoms with van der Waals surface area (Å²) in [6, 6.07) is 7.27. The van der Waals surface area contributed by atoms with E-state index in [4.69, 9.17) is 9.47 Å². The first-order valence-electron chi connectivity index (χ1n) is 7.77. The number of carbonyl (C=O) groups excluding carboxylic acids is 1. The highest BCUT2D eigenvalue weighted by Gasteiger charge is 2.24. The Labute approximate surface area is 144 Å². The zero-order valence-corrected chi connectivity index (χ0v) is 14.7. The van der Waals surface area contributed by atoms with E-state index in [9.17, 15) is 4.79 Å². The van der Waals surface area contributed by atoms with Crippen LogP contribution in [0, 0.1) is 0 Å². The van der Waals surface area contributed by atoms with Crippen LogP contribution in [-0.4, -0.2) is 47.4 Å². The van der Waals surface area contributed by atoms with E-state index in [2.05, 4.69) is 15.5 Å². The predicted molar refractivity (Wildman–Crippen MR) is 92.0 cm³/mol. The third-order valence-corrected chi connectivity index (χ3v) is 4.68. The molecule has 128 valence electrons. The van der Waals surface area contributed by atoms with Gasteiger partial charge in [0, 0.05) is 13.0 Å². The smallest absolute Gasteiger partial charge is 0.323 e. The van der Waals surface area contributed by atoms with Gasteiger partial charge in [-0.25, -0.2) is 4.79 Å². The lowest BCUT2D eigenvalue weighted by Crippen LogP contribution is -2.43. The summed E-state index contributed by atoms with van der Waals surface area (Å²) in [4.78, 5) is 13.8. The van der Waals surface area contributed by atoms with Crippen molar-refractivity contribution in [2.24, 2.45) is 0 Å². The average Bonchev–Trinajstić information content (AvgIpc) is 3.03. The van der Waals surface area contributed by atoms with E-state index in [1.165, 1.54) is 11.3 Å². The lowest BCUT2D eigenvalue weighted by molar-refractivity contribution is 0.0731. The van der Waals surface area contributed by atoms with Crippen LogP contribution in [0.5, 0.6) is 11.5 Å². The number of benzene rings is 1. The highest BCUT2D eigenvalue weighted by atomic mass is 32.1. The van der Waals surface area contributed by atoms with E-state index in [0.29, 0.717) is 30.0 Å². The van der Waals surface area contributed by atoms with E-state index in [1.54, 1.807) is 11.9 Å². The van der Waals surface area contributed by atoms with E-state index in [1.807, 2.05) is 38.1 Å². The summed E-state index contributed by atoms with van der Waals surface area (Å²) in [7, 11) is 1.71. The molecular weight excluding hydrogens is 328 g/mol. The summed E-state index contributed by atoms with van der Waals surface area (Å²) in [5.41, 5.74) is 0. The number of ether oxygens (including phenoxy) is 2. The molecule has 0 spiro atoms. The Morgan fingerprint density at radius 2 is 2.12 bits per heavy atom. The fraction of sp³-hybridized carbons (Fsp3) is 0.438. The fourth-order valence-corrected chi connectivity index (χ4v) is 2.98. The summed E-state index contributed by atoms with van der Waals surface area (Å²) in [5, 5.41) is 12.2. The van der Waals surface area contributed by atoms with Gasteiger partial charge in [0.05, 0.1) is 6.54 Å². The predicted octanol–water partition coefficient (Wildman–Crippen LogP) is 2.97. The van der Waals surface area contributed by atoms with Crippen molar-refractivity contribution in [1.82, 2.24) is 15.1 Å². The molecule has 2 heterocycles. The molecule has 0 radical (unpaired) electrons. The first-order chi connectivity index (χ1) is 11.5. The fourth-order valence-electron chi connectivity index (χ4n) is 2.25. The first-order valence-corrected chi connectivity index (χ1v) is 8.58. The highest BCUT2D eigenvalue weighted by molar-refractivity contribution is 7.15. The van der Waals surface area contributed by atoms with E-state index >= 15 is 0 Å². The zero-order valence-electron chi connectivity index (χ0n) is 13.9. The van der Waals surface area contributed by atoms with Crippen LogP contribution in [0.4, 0.5) is 9.93 Å². The van der Waals surface area contributed by atoms with Crippen molar-refractivity contribution in [2.45, 2.75) is 25.9 Å². The van der Waals surface area contributed by atoms with Gasteiger partial charge in [0.2, 0.25) is 5.13 Å². The summed E-state index contributed by atoms with van der Waals surface area (Å²) >= 11 is 1.39. The Morgan fingerprint density at radius 3 is 2.83 bits per heavy atom. The summed E-state index contributed by atoms with van der Waals surface area (Å²) in [5.74, 6) is 1.72. The Bertz CT molecular complexity index is 719. The average molecular weight is 348 g/mol. The second-order valence-corrected chi connectivity index (χ2v) is 6.92. The molecule has 1 aliphatic rings. The molecule has 0 saturated carbocycles. The molecule has 3 rings (SSSR count). The molecule has 1 aliphatic heterocycles. The van der Waals surface area contributed by atoms with Crippen molar-refractivity contribution < 1.29 is 14.3 Å². The number of nitrogens with one attached hydrogen (secondary N) is 1. The van der Waals surface area contributed by atoms with Gasteiger partial charge in [0.15, 0.2) is 17.6 Å². The Balaban J connectivity index is 1.54. The molecule has 2 aromatic rings. The van der Waals surface area contributed by atoms with Gasteiger partial charge in [-0.3, -0.25) is 5.32 Å². The SMILES string of the molecule is CC(C)c1nnc(NC(=O)N(C)C[C@H]2COc3ccccc3O2)s1. The lowest BCUT2D eigenvalue weighted by Gasteiger charge is -2.29. The van der Waals surface area contributed by atoms with Crippen LogP contribution >= 0.6 is 11.3 Å². The van der Waals surface area contributed by atoms with Crippen LogP contribution in [0.3, 0.4) is 0 Å². The highest BCUT2D eigenvalue weighted by Crippen LogP contribution is 2.31. The number of nitrogens with zero attached hydrogens (tertiary/aromatic N) is 3. The van der Waals surface area contributed by atoms with Crippen LogP contribution in [0.15, 0.2) is 24.3 Å². The van der Waals surface area contributed by atoms with Gasteiger partial charge in [-0.1, -0.05) is 37.3 Å². The number of para-hydroxylation sites is 2. The van der Waals surface area contributed by atoms with Crippen LogP contribution in [0.25, 0.3) is 0 Å². The molecule has 1 atom stereocenters. The van der Waals surface area contributed by atoms with Crippen molar-refractivity contribution in [1.29, 1.82) is 0 Å². The minimum absolute atomic E-state index is 0.212. The van der Waals surface area contributed by atoms with E-state index in [0.717, 1.165) is 10.8 Å². The number of carbonyl (C=O) groups is 1. The molecule has 2 amide bonds. The normalized spacial score (nSPS) is 16.1. The molecule has 1 N–H and O–H groups in total. The monoisotopic (exact) mass is 348 g/mol. The van der Waals surface area contributed by atoms with Crippen molar-refractivity contribution in [3.05, 3.63) is 29.3 Å². The van der Waals surface area contributed by atoms with Crippen molar-refractivity contribution >= 4 is 22.5 Å². The van der Waals surface area contributed by atoms with E-state index < -0.39 is 0 Å². The molecule has 1 aromatic carbocycles. The lowest BCUT2D eigenvalue weighted by atomic mass is 10.2. The van der Waals surface area contributed by atoms with Gasteiger partial charge in [0.1, 0.15) is 11.6 Å². The summed E-state index contributed by atoms with van der Waals surface area (Å²) < 4.78 is 11.5. The van der Waals surface area contributed by atoms with Gasteiger partial charge >= 0.3 is 6.03 Å². The number of hydrogen-bond acceptors (Lipinski definition) is 6. The number of hydrogen-bond donors (Lipinski definition) is 1. The van der Waals surface area contributed by atoms with Gasteiger partial charge in [-0.15, -0.1) is 10.2 Å². The second-order valence-electron chi connectivity index (χ2n) is 5.91. The molecule has 0 aliphatic carbocycles. The van der Waals surface area contributed by atoms with Gasteiger partial charge in [-0.2, -0.15) is 0 Å². The number of likely N-dealkylation sites (N-methyl/N-ethyl adjacent to an activating group) is 1. The topological polar surface area (TPSA) is 76.6 Å². The Morgan fingerprint density at radius 1 is 1.38 bits per heavy atom. The number of fused-ring (bicyclic) bond motifs is 1. The molecular formula is C16H20N4O3S. The number of aromatic nitrogens is 2. The largest absolute Gasteiger partial charge is 0.486 e. The summed E-state index contributed by atoms with van der Waals surface area (Å²) in [6.45, 7) is 4.90. The molecule has 24 heavy (non-hydrogen) atoms. The van der Waals surface area contributed by atoms with Crippen LogP contribution in [0.2, 0.25) is 0 Å². The molecule has 0 unspecified atom stereocenters. The number of amides is 2. The maximum absolute atomic E-state index is 12.3. The van der Waals surface area contributed by atoms with Crippen LogP contribution in [0.1, 0.15) is 24.8 Å². The van der Waals surface area contributed by atoms with Crippen molar-refractivity contribution in [3.63, 3.8) is 0 Å². The quantitative estimate of drug-likeness (QED) is 0.919. The van der Waals surface area contributed by atoms with Crippen LogP contribution < -0.4 is 14.8 Å². The first kappa shape index (κ1) is 16.5. The molecule has 7 nitrogen and oxygen atoms in total. The standard InChI is InChI=1S/C16H20N4O3S/c1-10(2)14-18-19-15(24-14)17-16(21)20(3)8-11-9-22-12-6-4-5-7-13(12)23-11/h4-7,10-11H,8-9H2,1-3H3,(H,17,19,21)/t11-/m0/s1. The van der Waals surface area contributed by atoms with E-state index in [-0.39, 0.29) is 12.1 Å². The molecule has 0 fully saturated rings. The molecule has 0 saturated heterocycles. The van der Waals surface area contributed by atoms with Gasteiger partial charge < -0.3 is 14.4 Å². The maximum Gasteiger partial charge on any atom is 0.323 e. The number of urea groups is 1. The Hall–Kier alpha value is -2.35.